The Bertz CT molecular complexity index is 806. The molecule has 0 saturated heterocycles. The Hall–Kier alpha value is -2.22. The molecular formula is C16H20N6OS. The molecule has 3 aromatic rings. The van der Waals surface area contributed by atoms with Crippen LogP contribution in [0, 0.1) is 0 Å². The summed E-state index contributed by atoms with van der Waals surface area (Å²) < 4.78 is 7.40. The number of pyridine rings is 1. The van der Waals surface area contributed by atoms with Crippen molar-refractivity contribution in [1.82, 2.24) is 29.9 Å². The summed E-state index contributed by atoms with van der Waals surface area (Å²) in [5.41, 5.74) is 0.856. The molecule has 0 N–H and O–H groups in total. The van der Waals surface area contributed by atoms with Crippen LogP contribution in [0.5, 0.6) is 0 Å². The molecule has 8 heteroatoms. The minimum Gasteiger partial charge on any atom is -0.339 e. The van der Waals surface area contributed by atoms with Crippen molar-refractivity contribution >= 4 is 11.8 Å². The number of thioether (sulfide) groups is 1. The molecule has 0 atom stereocenters. The number of hydrogen-bond acceptors (Lipinski definition) is 7. The van der Waals surface area contributed by atoms with Gasteiger partial charge < -0.3 is 9.09 Å². The molecule has 0 radical (unpaired) electrons. The third-order valence-electron chi connectivity index (χ3n) is 3.41. The monoisotopic (exact) mass is 344 g/mol. The summed E-state index contributed by atoms with van der Waals surface area (Å²) in [6.07, 6.45) is 3.51. The van der Waals surface area contributed by atoms with E-state index in [1.807, 2.05) is 32.9 Å². The SMILES string of the molecule is CCn1c(SCc2noc(C(C)(C)C)n2)nnc1-c1ccncc1. The van der Waals surface area contributed by atoms with E-state index in [4.69, 9.17) is 4.52 Å². The van der Waals surface area contributed by atoms with Crippen LogP contribution >= 0.6 is 11.8 Å². The molecule has 0 spiro atoms. The van der Waals surface area contributed by atoms with Crippen molar-refractivity contribution in [3.63, 3.8) is 0 Å². The van der Waals surface area contributed by atoms with Crippen LogP contribution in [0.2, 0.25) is 0 Å². The molecule has 24 heavy (non-hydrogen) atoms. The normalized spacial score (nSPS) is 11.8. The highest BCUT2D eigenvalue weighted by atomic mass is 32.2. The van der Waals surface area contributed by atoms with Crippen LogP contribution in [0.15, 0.2) is 34.2 Å². The third-order valence-corrected chi connectivity index (χ3v) is 4.37. The Kier molecular flexibility index (Phi) is 4.66. The Morgan fingerprint density at radius 3 is 2.54 bits per heavy atom. The molecule has 3 aromatic heterocycles. The predicted octanol–water partition coefficient (Wildman–Crippen LogP) is 3.33. The molecule has 0 aliphatic rings. The van der Waals surface area contributed by atoms with E-state index in [2.05, 4.69) is 36.8 Å². The molecule has 126 valence electrons. The van der Waals surface area contributed by atoms with E-state index in [0.29, 0.717) is 17.5 Å². The van der Waals surface area contributed by atoms with Gasteiger partial charge in [-0.15, -0.1) is 10.2 Å². The van der Waals surface area contributed by atoms with Crippen molar-refractivity contribution in [3.8, 4) is 11.4 Å². The summed E-state index contributed by atoms with van der Waals surface area (Å²) in [6, 6.07) is 3.86. The third kappa shape index (κ3) is 3.48. The maximum atomic E-state index is 5.32. The molecule has 0 aliphatic carbocycles. The molecule has 0 amide bonds. The first-order chi connectivity index (χ1) is 11.5. The minimum absolute atomic E-state index is 0.145. The molecule has 3 rings (SSSR count). The lowest BCUT2D eigenvalue weighted by molar-refractivity contribution is 0.319. The van der Waals surface area contributed by atoms with Crippen LogP contribution in [-0.4, -0.2) is 29.9 Å². The van der Waals surface area contributed by atoms with Crippen LogP contribution in [0.1, 0.15) is 39.4 Å². The van der Waals surface area contributed by atoms with Gasteiger partial charge in [-0.05, 0) is 19.1 Å². The van der Waals surface area contributed by atoms with E-state index in [1.54, 1.807) is 24.2 Å². The molecule has 3 heterocycles. The second-order valence-corrected chi connectivity index (χ2v) is 7.28. The van der Waals surface area contributed by atoms with Crippen LogP contribution < -0.4 is 0 Å². The van der Waals surface area contributed by atoms with Crippen LogP contribution in [0.4, 0.5) is 0 Å². The molecule has 0 unspecified atom stereocenters. The van der Waals surface area contributed by atoms with Gasteiger partial charge in [0.1, 0.15) is 0 Å². The maximum Gasteiger partial charge on any atom is 0.232 e. The fourth-order valence-electron chi connectivity index (χ4n) is 2.14. The second-order valence-electron chi connectivity index (χ2n) is 6.34. The van der Waals surface area contributed by atoms with Crippen molar-refractivity contribution in [3.05, 3.63) is 36.2 Å². The van der Waals surface area contributed by atoms with E-state index in [1.165, 1.54) is 0 Å². The number of hydrogen-bond donors (Lipinski definition) is 0. The molecular weight excluding hydrogens is 324 g/mol. The van der Waals surface area contributed by atoms with Gasteiger partial charge in [-0.3, -0.25) is 4.98 Å². The van der Waals surface area contributed by atoms with Crippen molar-refractivity contribution < 1.29 is 4.52 Å². The Labute approximate surface area is 144 Å². The number of rotatable bonds is 5. The quantitative estimate of drug-likeness (QED) is 0.656. The van der Waals surface area contributed by atoms with Crippen molar-refractivity contribution in [1.29, 1.82) is 0 Å². The van der Waals surface area contributed by atoms with E-state index in [-0.39, 0.29) is 5.41 Å². The first-order valence-electron chi connectivity index (χ1n) is 7.78. The predicted molar refractivity (Wildman–Crippen MR) is 91.5 cm³/mol. The highest BCUT2D eigenvalue weighted by molar-refractivity contribution is 7.98. The fraction of sp³-hybridized carbons (Fsp3) is 0.438. The van der Waals surface area contributed by atoms with Gasteiger partial charge >= 0.3 is 0 Å². The molecule has 0 aliphatic heterocycles. The van der Waals surface area contributed by atoms with Gasteiger partial charge in [0, 0.05) is 29.9 Å². The highest BCUT2D eigenvalue weighted by Crippen LogP contribution is 2.26. The van der Waals surface area contributed by atoms with Gasteiger partial charge in [0.15, 0.2) is 16.8 Å². The first-order valence-corrected chi connectivity index (χ1v) is 8.77. The lowest BCUT2D eigenvalue weighted by atomic mass is 9.97. The zero-order chi connectivity index (χ0) is 17.2. The van der Waals surface area contributed by atoms with Crippen LogP contribution in [0.25, 0.3) is 11.4 Å². The average Bonchev–Trinajstić information content (AvgIpc) is 3.20. The molecule has 0 saturated carbocycles. The van der Waals surface area contributed by atoms with E-state index in [9.17, 15) is 0 Å². The van der Waals surface area contributed by atoms with Gasteiger partial charge in [-0.1, -0.05) is 37.7 Å². The molecule has 0 fully saturated rings. The van der Waals surface area contributed by atoms with Crippen molar-refractivity contribution in [2.75, 3.05) is 0 Å². The average molecular weight is 344 g/mol. The number of aromatic nitrogens is 6. The van der Waals surface area contributed by atoms with Gasteiger partial charge in [0.25, 0.3) is 0 Å². The minimum atomic E-state index is -0.145. The Morgan fingerprint density at radius 1 is 1.17 bits per heavy atom. The van der Waals surface area contributed by atoms with Gasteiger partial charge in [-0.2, -0.15) is 4.98 Å². The van der Waals surface area contributed by atoms with Crippen molar-refractivity contribution in [2.45, 2.75) is 50.6 Å². The molecule has 7 nitrogen and oxygen atoms in total. The zero-order valence-corrected chi connectivity index (χ0v) is 15.0. The Morgan fingerprint density at radius 2 is 1.92 bits per heavy atom. The summed E-state index contributed by atoms with van der Waals surface area (Å²) in [7, 11) is 0. The lowest BCUT2D eigenvalue weighted by Crippen LogP contribution is -2.11. The Balaban J connectivity index is 1.77. The zero-order valence-electron chi connectivity index (χ0n) is 14.2. The topological polar surface area (TPSA) is 82.5 Å². The van der Waals surface area contributed by atoms with Gasteiger partial charge in [0.05, 0.1) is 5.75 Å². The van der Waals surface area contributed by atoms with Gasteiger partial charge in [-0.25, -0.2) is 0 Å². The summed E-state index contributed by atoms with van der Waals surface area (Å²) in [6.45, 7) is 9.00. The maximum absolute atomic E-state index is 5.32. The van der Waals surface area contributed by atoms with E-state index < -0.39 is 0 Å². The van der Waals surface area contributed by atoms with Gasteiger partial charge in [0.2, 0.25) is 5.89 Å². The summed E-state index contributed by atoms with van der Waals surface area (Å²) >= 11 is 1.55. The van der Waals surface area contributed by atoms with E-state index >= 15 is 0 Å². The number of nitrogens with zero attached hydrogens (tertiary/aromatic N) is 6. The molecule has 0 bridgehead atoms. The van der Waals surface area contributed by atoms with E-state index in [0.717, 1.165) is 23.1 Å². The van der Waals surface area contributed by atoms with Crippen LogP contribution in [0.3, 0.4) is 0 Å². The lowest BCUT2D eigenvalue weighted by Gasteiger charge is -2.10. The fourth-order valence-corrected chi connectivity index (χ4v) is 2.99. The highest BCUT2D eigenvalue weighted by Gasteiger charge is 2.22. The molecule has 0 aromatic carbocycles. The summed E-state index contributed by atoms with van der Waals surface area (Å²) in [5.74, 6) is 2.74. The van der Waals surface area contributed by atoms with Crippen molar-refractivity contribution in [2.24, 2.45) is 0 Å². The largest absolute Gasteiger partial charge is 0.339 e. The smallest absolute Gasteiger partial charge is 0.232 e. The van der Waals surface area contributed by atoms with Crippen LogP contribution in [-0.2, 0) is 17.7 Å². The second kappa shape index (κ2) is 6.72. The first kappa shape index (κ1) is 16.6. The summed E-state index contributed by atoms with van der Waals surface area (Å²) in [5, 5.41) is 13.5. The standard InChI is InChI=1S/C16H20N6OS/c1-5-22-13(11-6-8-17-9-7-11)19-20-15(22)24-10-12-18-14(23-21-12)16(2,3)4/h6-9H,5,10H2,1-4H3. The summed E-state index contributed by atoms with van der Waals surface area (Å²) in [4.78, 5) is 8.49.